The summed E-state index contributed by atoms with van der Waals surface area (Å²) < 4.78 is 0. The Labute approximate surface area is 180 Å². The monoisotopic (exact) mass is 418 g/mol. The molecule has 4 N–H and O–H groups in total. The second-order valence-corrected chi connectivity index (χ2v) is 7.58. The molecule has 0 spiro atoms. The predicted molar refractivity (Wildman–Crippen MR) is 122 cm³/mol. The number of aromatic amines is 1. The molecule has 0 unspecified atom stereocenters. The fraction of sp³-hybridized carbons (Fsp3) is 0.318. The molecule has 0 aliphatic carbocycles. The number of amidine groups is 1. The van der Waals surface area contributed by atoms with Crippen LogP contribution in [0.25, 0.3) is 11.0 Å². The van der Waals surface area contributed by atoms with Crippen molar-refractivity contribution >= 4 is 28.9 Å². The highest BCUT2D eigenvalue weighted by Gasteiger charge is 2.18. The lowest BCUT2D eigenvalue weighted by molar-refractivity contribution is 0.249. The van der Waals surface area contributed by atoms with Crippen LogP contribution in [0.2, 0.25) is 0 Å². The summed E-state index contributed by atoms with van der Waals surface area (Å²) in [7, 11) is 0. The Balaban J connectivity index is 1.37. The summed E-state index contributed by atoms with van der Waals surface area (Å²) in [4.78, 5) is 28.6. The first-order valence-electron chi connectivity index (χ1n) is 10.4. The molecule has 0 saturated carbocycles. The zero-order valence-electron chi connectivity index (χ0n) is 17.5. The first-order chi connectivity index (χ1) is 15.1. The first kappa shape index (κ1) is 20.7. The Kier molecular flexibility index (Phi) is 6.03. The van der Waals surface area contributed by atoms with Gasteiger partial charge in [-0.05, 0) is 36.2 Å². The van der Waals surface area contributed by atoms with Crippen LogP contribution >= 0.6 is 0 Å². The van der Waals surface area contributed by atoms with E-state index < -0.39 is 0 Å². The van der Waals surface area contributed by atoms with Gasteiger partial charge in [0.25, 0.3) is 5.56 Å². The number of hydrogen-bond acceptors (Lipinski definition) is 7. The molecule has 1 aliphatic heterocycles. The molecule has 9 nitrogen and oxygen atoms in total. The largest absolute Gasteiger partial charge is 0.368 e. The van der Waals surface area contributed by atoms with E-state index in [0.29, 0.717) is 12.1 Å². The fourth-order valence-electron chi connectivity index (χ4n) is 3.81. The zero-order chi connectivity index (χ0) is 21.8. The van der Waals surface area contributed by atoms with Gasteiger partial charge in [-0.1, -0.05) is 6.92 Å². The number of rotatable bonds is 6. The number of aryl methyl sites for hydroxylation is 1. The van der Waals surface area contributed by atoms with Crippen molar-refractivity contribution in [3.8, 4) is 0 Å². The smallest absolute Gasteiger partial charge is 0.251 e. The van der Waals surface area contributed by atoms with Gasteiger partial charge >= 0.3 is 0 Å². The Hall–Kier alpha value is -3.59. The van der Waals surface area contributed by atoms with E-state index in [9.17, 15) is 4.79 Å². The Morgan fingerprint density at radius 1 is 1.19 bits per heavy atom. The molecule has 9 heteroatoms. The minimum Gasteiger partial charge on any atom is -0.368 e. The molecule has 1 fully saturated rings. The number of anilines is 1. The van der Waals surface area contributed by atoms with Crippen LogP contribution in [-0.2, 0) is 13.0 Å². The first-order valence-corrected chi connectivity index (χ1v) is 10.4. The van der Waals surface area contributed by atoms with Crippen molar-refractivity contribution in [1.82, 2.24) is 25.2 Å². The van der Waals surface area contributed by atoms with Crippen LogP contribution in [-0.4, -0.2) is 58.2 Å². The number of H-pyrrole nitrogens is 1. The van der Waals surface area contributed by atoms with Gasteiger partial charge in [0.15, 0.2) is 0 Å². The van der Waals surface area contributed by atoms with Crippen molar-refractivity contribution in [3.63, 3.8) is 0 Å². The van der Waals surface area contributed by atoms with E-state index in [2.05, 4.69) is 30.1 Å². The van der Waals surface area contributed by atoms with Gasteiger partial charge in [0.2, 0.25) is 0 Å². The van der Waals surface area contributed by atoms with E-state index in [1.54, 1.807) is 12.3 Å². The minimum absolute atomic E-state index is 0.0362. The predicted octanol–water partition coefficient (Wildman–Crippen LogP) is 1.72. The second kappa shape index (κ2) is 9.05. The molecule has 0 radical (unpaired) electrons. The lowest BCUT2D eigenvalue weighted by Crippen LogP contribution is -2.46. The molecule has 0 aromatic carbocycles. The molecule has 31 heavy (non-hydrogen) atoms. The molecule has 160 valence electrons. The van der Waals surface area contributed by atoms with Crippen LogP contribution < -0.4 is 15.8 Å². The van der Waals surface area contributed by atoms with Gasteiger partial charge in [-0.15, -0.1) is 0 Å². The van der Waals surface area contributed by atoms with Crippen molar-refractivity contribution in [2.45, 2.75) is 19.9 Å². The standard InChI is InChI=1S/C22H26N8O/c1-2-16-10-19-20(28-22(16)31)9-15(11-25-19)13-29-5-7-30(8-6-29)17-3-4-18(26-12-17)21(24)27-14-23/h3-4,9-12,14H,2,5-8,13H2,1H3,(H,28,31)(H3,23,24,27). The third-order valence-corrected chi connectivity index (χ3v) is 5.57. The van der Waals surface area contributed by atoms with E-state index in [0.717, 1.165) is 66.9 Å². The number of piperazine rings is 1. The van der Waals surface area contributed by atoms with E-state index in [-0.39, 0.29) is 11.4 Å². The van der Waals surface area contributed by atoms with Crippen LogP contribution in [0.4, 0.5) is 5.69 Å². The van der Waals surface area contributed by atoms with Gasteiger partial charge in [-0.25, -0.2) is 0 Å². The van der Waals surface area contributed by atoms with Gasteiger partial charge in [-0.2, -0.15) is 0 Å². The maximum atomic E-state index is 12.1. The molecule has 4 rings (SSSR count). The summed E-state index contributed by atoms with van der Waals surface area (Å²) in [6.45, 7) is 6.35. The molecule has 4 heterocycles. The number of nitrogens with zero attached hydrogens (tertiary/aromatic N) is 4. The molecular formula is C22H26N8O. The summed E-state index contributed by atoms with van der Waals surface area (Å²) in [6.07, 6.45) is 5.34. The minimum atomic E-state index is -0.0362. The SMILES string of the molecule is CCc1cc2ncc(CN3CCN(c4ccc(C(=N)NC=N)nc4)CC3)cc2[nH]c1=O. The topological polar surface area (TPSA) is 125 Å². The van der Waals surface area contributed by atoms with Crippen molar-refractivity contribution in [2.75, 3.05) is 31.1 Å². The van der Waals surface area contributed by atoms with Crippen LogP contribution in [0.1, 0.15) is 23.7 Å². The Morgan fingerprint density at radius 3 is 2.68 bits per heavy atom. The number of hydrogen-bond donors (Lipinski definition) is 4. The van der Waals surface area contributed by atoms with Gasteiger partial charge in [0.1, 0.15) is 11.5 Å². The number of fused-ring (bicyclic) bond motifs is 1. The van der Waals surface area contributed by atoms with E-state index >= 15 is 0 Å². The van der Waals surface area contributed by atoms with Crippen LogP contribution in [0, 0.1) is 10.8 Å². The zero-order valence-corrected chi connectivity index (χ0v) is 17.5. The van der Waals surface area contributed by atoms with Gasteiger partial charge in [0.05, 0.1) is 29.3 Å². The van der Waals surface area contributed by atoms with Gasteiger partial charge in [0, 0.05) is 44.5 Å². The highest BCUT2D eigenvalue weighted by atomic mass is 16.1. The van der Waals surface area contributed by atoms with Gasteiger partial charge < -0.3 is 15.2 Å². The van der Waals surface area contributed by atoms with Gasteiger partial charge in [-0.3, -0.25) is 30.5 Å². The third-order valence-electron chi connectivity index (χ3n) is 5.57. The molecule has 1 saturated heterocycles. The number of nitrogens with one attached hydrogen (secondary N) is 4. The molecular weight excluding hydrogens is 392 g/mol. The molecule has 0 bridgehead atoms. The highest BCUT2D eigenvalue weighted by Crippen LogP contribution is 2.18. The van der Waals surface area contributed by atoms with Crippen molar-refractivity contribution < 1.29 is 0 Å². The molecule has 3 aromatic heterocycles. The second-order valence-electron chi connectivity index (χ2n) is 7.58. The van der Waals surface area contributed by atoms with E-state index in [4.69, 9.17) is 10.8 Å². The van der Waals surface area contributed by atoms with Crippen LogP contribution in [0.15, 0.2) is 41.5 Å². The average Bonchev–Trinajstić information content (AvgIpc) is 2.79. The van der Waals surface area contributed by atoms with Crippen LogP contribution in [0.5, 0.6) is 0 Å². The maximum absolute atomic E-state index is 12.1. The van der Waals surface area contributed by atoms with Crippen molar-refractivity contribution in [3.05, 3.63) is 63.8 Å². The van der Waals surface area contributed by atoms with E-state index in [1.807, 2.05) is 31.3 Å². The van der Waals surface area contributed by atoms with Crippen molar-refractivity contribution in [1.29, 1.82) is 10.8 Å². The molecule has 0 atom stereocenters. The van der Waals surface area contributed by atoms with Crippen LogP contribution in [0.3, 0.4) is 0 Å². The Morgan fingerprint density at radius 2 is 2.00 bits per heavy atom. The summed E-state index contributed by atoms with van der Waals surface area (Å²) in [6, 6.07) is 7.66. The summed E-state index contributed by atoms with van der Waals surface area (Å²) in [5, 5.41) is 17.3. The van der Waals surface area contributed by atoms with Crippen molar-refractivity contribution in [2.24, 2.45) is 0 Å². The normalized spacial score (nSPS) is 14.5. The average molecular weight is 419 g/mol. The van der Waals surface area contributed by atoms with E-state index in [1.165, 1.54) is 0 Å². The quantitative estimate of drug-likeness (QED) is 0.357. The Bertz CT molecular complexity index is 1150. The summed E-state index contributed by atoms with van der Waals surface area (Å²) in [5.74, 6) is 0.114. The molecule has 0 amide bonds. The maximum Gasteiger partial charge on any atom is 0.251 e. The number of pyridine rings is 3. The highest BCUT2D eigenvalue weighted by molar-refractivity contribution is 6.00. The molecule has 3 aromatic rings. The third kappa shape index (κ3) is 4.61. The number of aromatic nitrogens is 3. The summed E-state index contributed by atoms with van der Waals surface area (Å²) >= 11 is 0. The lowest BCUT2D eigenvalue weighted by Gasteiger charge is -2.36. The fourth-order valence-corrected chi connectivity index (χ4v) is 3.81. The molecule has 1 aliphatic rings. The lowest BCUT2D eigenvalue weighted by atomic mass is 10.1. The summed E-state index contributed by atoms with van der Waals surface area (Å²) in [5.41, 5.74) is 4.96.